The molecule has 0 aliphatic rings. The number of carbonyl (C=O) groups excluding carboxylic acids is 2. The van der Waals surface area contributed by atoms with Gasteiger partial charge in [-0.3, -0.25) is 19.5 Å². The number of ketones is 1. The van der Waals surface area contributed by atoms with Crippen molar-refractivity contribution < 1.29 is 23.9 Å². The summed E-state index contributed by atoms with van der Waals surface area (Å²) in [6, 6.07) is -0.947. The van der Waals surface area contributed by atoms with Crippen LogP contribution in [0.2, 0.25) is 0 Å². The van der Waals surface area contributed by atoms with E-state index in [2.05, 4.69) is 10.6 Å². The van der Waals surface area contributed by atoms with Crippen molar-refractivity contribution in [3.8, 4) is 0 Å². The predicted octanol–water partition coefficient (Wildman–Crippen LogP) is -0.344. The number of carbonyl (C=O) groups is 2. The number of rotatable bonds is 12. The van der Waals surface area contributed by atoms with Crippen molar-refractivity contribution in [3.05, 3.63) is 0 Å². The molecule has 0 fully saturated rings. The molecule has 0 saturated carbocycles. The Morgan fingerprint density at radius 2 is 1.84 bits per heavy atom. The maximum Gasteiger partial charge on any atom is 0.342 e. The molecule has 1 amide bonds. The summed E-state index contributed by atoms with van der Waals surface area (Å²) in [5.41, 5.74) is 9.81. The van der Waals surface area contributed by atoms with E-state index in [1.54, 1.807) is 6.92 Å². The second kappa shape index (κ2) is 10.4. The summed E-state index contributed by atoms with van der Waals surface area (Å²) in [7, 11) is -3.06. The van der Waals surface area contributed by atoms with Crippen LogP contribution in [0.3, 0.4) is 0 Å². The lowest BCUT2D eigenvalue weighted by molar-refractivity contribution is -0.137. The lowest BCUT2D eigenvalue weighted by Crippen LogP contribution is -2.64. The number of nitrogens with one attached hydrogen (secondary N) is 2. The summed E-state index contributed by atoms with van der Waals surface area (Å²) in [6.07, 6.45) is 0.866. The summed E-state index contributed by atoms with van der Waals surface area (Å²) in [6.45, 7) is 5.62. The third-order valence-corrected chi connectivity index (χ3v) is 5.38. The molecule has 25 heavy (non-hydrogen) atoms. The molecule has 0 aromatic heterocycles. The van der Waals surface area contributed by atoms with Crippen molar-refractivity contribution >= 4 is 19.3 Å². The van der Waals surface area contributed by atoms with E-state index < -0.39 is 36.6 Å². The molecule has 0 aromatic carbocycles. The van der Waals surface area contributed by atoms with Gasteiger partial charge in [-0.2, -0.15) is 0 Å². The highest BCUT2D eigenvalue weighted by Crippen LogP contribution is 2.41. The minimum atomic E-state index is -4.44. The quantitative estimate of drug-likeness (QED) is 0.197. The second-order valence-corrected chi connectivity index (χ2v) is 8.47. The van der Waals surface area contributed by atoms with E-state index in [1.165, 1.54) is 7.05 Å². The molecule has 0 radical (unpaired) electrons. The van der Waals surface area contributed by atoms with Gasteiger partial charge in [0.2, 0.25) is 5.91 Å². The van der Waals surface area contributed by atoms with Gasteiger partial charge < -0.3 is 26.6 Å². The zero-order valence-electron chi connectivity index (χ0n) is 15.5. The van der Waals surface area contributed by atoms with Crippen molar-refractivity contribution in [2.24, 2.45) is 17.4 Å². The summed E-state index contributed by atoms with van der Waals surface area (Å²) >= 11 is 0. The fourth-order valence-electron chi connectivity index (χ4n) is 2.67. The third kappa shape index (κ3) is 7.13. The summed E-state index contributed by atoms with van der Waals surface area (Å²) < 4.78 is 11.6. The number of hydrogen-bond acceptors (Lipinski definition) is 6. The van der Waals surface area contributed by atoms with Gasteiger partial charge >= 0.3 is 7.60 Å². The highest BCUT2D eigenvalue weighted by atomic mass is 31.2. The van der Waals surface area contributed by atoms with Gasteiger partial charge in [-0.05, 0) is 38.1 Å². The average Bonchev–Trinajstić information content (AvgIpc) is 2.53. The van der Waals surface area contributed by atoms with Crippen LogP contribution in [0.25, 0.3) is 0 Å². The van der Waals surface area contributed by atoms with Crippen molar-refractivity contribution in [2.45, 2.75) is 63.8 Å². The molecule has 0 unspecified atom stereocenters. The molecule has 0 bridgehead atoms. The van der Waals surface area contributed by atoms with E-state index >= 15 is 0 Å². The van der Waals surface area contributed by atoms with E-state index in [9.17, 15) is 23.9 Å². The van der Waals surface area contributed by atoms with Gasteiger partial charge in [0, 0.05) is 7.05 Å². The SMILES string of the molecule is CC[C@H](N[C@@H](CC(C)C)C(=O)[C@@](N)(CCCN)C(=O)NC)P(=O)(O)O. The largest absolute Gasteiger partial charge is 0.357 e. The average molecular weight is 380 g/mol. The topological polar surface area (TPSA) is 168 Å². The van der Waals surface area contributed by atoms with Crippen LogP contribution in [0, 0.1) is 5.92 Å². The first kappa shape index (κ1) is 24.2. The van der Waals surface area contributed by atoms with E-state index in [-0.39, 0.29) is 25.3 Å². The van der Waals surface area contributed by atoms with Gasteiger partial charge in [-0.1, -0.05) is 20.8 Å². The summed E-state index contributed by atoms with van der Waals surface area (Å²) in [5, 5.41) is 5.13. The number of nitrogens with two attached hydrogens (primary N) is 2. The van der Waals surface area contributed by atoms with Crippen LogP contribution in [0.4, 0.5) is 0 Å². The van der Waals surface area contributed by atoms with Crippen molar-refractivity contribution in [1.29, 1.82) is 0 Å². The fraction of sp³-hybridized carbons (Fsp3) is 0.867. The molecule has 8 N–H and O–H groups in total. The Morgan fingerprint density at radius 1 is 1.28 bits per heavy atom. The van der Waals surface area contributed by atoms with Crippen molar-refractivity contribution in [3.63, 3.8) is 0 Å². The maximum absolute atomic E-state index is 13.0. The van der Waals surface area contributed by atoms with Gasteiger partial charge in [-0.25, -0.2) is 0 Å². The standard InChI is InChI=1S/C15H33N4O5P/c1-5-12(25(22,23)24)19-11(9-10(2)3)13(20)15(17,7-6-8-16)14(21)18-4/h10-12,19H,5-9,16-17H2,1-4H3,(H,18,21)(H2,22,23,24)/t11-,12+,15-/m0/s1. The summed E-state index contributed by atoms with van der Waals surface area (Å²) in [5.74, 6) is -2.34. The molecular weight excluding hydrogens is 347 g/mol. The molecule has 0 aliphatic heterocycles. The van der Waals surface area contributed by atoms with Crippen LogP contribution in [0.15, 0.2) is 0 Å². The first-order valence-electron chi connectivity index (χ1n) is 8.50. The fourth-order valence-corrected chi connectivity index (χ4v) is 3.52. The number of Topliss-reactive ketones (excluding diaryl/α,β-unsaturated/α-hetero) is 1. The molecule has 0 rings (SSSR count). The predicted molar refractivity (Wildman–Crippen MR) is 96.8 cm³/mol. The highest BCUT2D eigenvalue weighted by Gasteiger charge is 2.45. The normalized spacial score (nSPS) is 17.0. The molecular formula is C15H33N4O5P. The van der Waals surface area contributed by atoms with Crippen LogP contribution in [0.1, 0.15) is 46.5 Å². The molecule has 0 heterocycles. The zero-order valence-corrected chi connectivity index (χ0v) is 16.4. The second-order valence-electron chi connectivity index (χ2n) is 6.67. The Hall–Kier alpha value is -0.830. The van der Waals surface area contributed by atoms with Gasteiger partial charge in [0.25, 0.3) is 0 Å². The molecule has 10 heteroatoms. The van der Waals surface area contributed by atoms with E-state index in [0.29, 0.717) is 12.8 Å². The first-order valence-corrected chi connectivity index (χ1v) is 10.2. The maximum atomic E-state index is 13.0. The number of amides is 1. The molecule has 0 aromatic rings. The van der Waals surface area contributed by atoms with Gasteiger partial charge in [0.15, 0.2) is 11.3 Å². The Labute approximate surface area is 149 Å². The minimum absolute atomic E-state index is 0.0548. The lowest BCUT2D eigenvalue weighted by atomic mass is 9.82. The first-order chi connectivity index (χ1) is 11.4. The molecule has 9 nitrogen and oxygen atoms in total. The zero-order chi connectivity index (χ0) is 19.8. The van der Waals surface area contributed by atoms with Gasteiger partial charge in [0.1, 0.15) is 5.78 Å². The highest BCUT2D eigenvalue weighted by molar-refractivity contribution is 7.52. The number of hydrogen-bond donors (Lipinski definition) is 6. The van der Waals surface area contributed by atoms with Gasteiger partial charge in [0.05, 0.1) is 6.04 Å². The van der Waals surface area contributed by atoms with Crippen LogP contribution in [-0.4, -0.2) is 52.4 Å². The molecule has 0 saturated heterocycles. The third-order valence-electron chi connectivity index (χ3n) is 4.06. The number of likely N-dealkylation sites (N-methyl/N-ethyl adjacent to an activating group) is 1. The van der Waals surface area contributed by atoms with E-state index in [0.717, 1.165) is 0 Å². The Morgan fingerprint density at radius 3 is 2.20 bits per heavy atom. The molecule has 148 valence electrons. The monoisotopic (exact) mass is 380 g/mol. The van der Waals surface area contributed by atoms with E-state index in [4.69, 9.17) is 11.5 Å². The van der Waals surface area contributed by atoms with Crippen LogP contribution in [0.5, 0.6) is 0 Å². The van der Waals surface area contributed by atoms with Crippen molar-refractivity contribution in [2.75, 3.05) is 13.6 Å². The minimum Gasteiger partial charge on any atom is -0.357 e. The van der Waals surface area contributed by atoms with Crippen LogP contribution in [-0.2, 0) is 14.2 Å². The molecule has 3 atom stereocenters. The summed E-state index contributed by atoms with van der Waals surface area (Å²) in [4.78, 5) is 44.2. The lowest BCUT2D eigenvalue weighted by Gasteiger charge is -2.33. The Balaban J connectivity index is 5.70. The Bertz CT molecular complexity index is 496. The Kier molecular flexibility index (Phi) is 10.0. The smallest absolute Gasteiger partial charge is 0.342 e. The molecule has 0 spiro atoms. The van der Waals surface area contributed by atoms with Crippen LogP contribution >= 0.6 is 7.60 Å². The van der Waals surface area contributed by atoms with Crippen LogP contribution < -0.4 is 22.1 Å². The van der Waals surface area contributed by atoms with E-state index in [1.807, 2.05) is 13.8 Å². The van der Waals surface area contributed by atoms with Gasteiger partial charge in [-0.15, -0.1) is 0 Å². The van der Waals surface area contributed by atoms with Crippen molar-refractivity contribution in [1.82, 2.24) is 10.6 Å². The molecule has 0 aliphatic carbocycles.